The third kappa shape index (κ3) is 3.15. The number of methoxy groups -OCH3 is 1. The molecule has 144 valence electrons. The quantitative estimate of drug-likeness (QED) is 0.803. The van der Waals surface area contributed by atoms with Gasteiger partial charge in [-0.2, -0.15) is 4.31 Å². The van der Waals surface area contributed by atoms with E-state index in [9.17, 15) is 8.42 Å². The number of sulfonamides is 1. The van der Waals surface area contributed by atoms with E-state index in [1.807, 2.05) is 32.0 Å². The zero-order valence-corrected chi connectivity index (χ0v) is 16.5. The summed E-state index contributed by atoms with van der Waals surface area (Å²) in [5.74, 6) is 1.99. The van der Waals surface area contributed by atoms with Crippen molar-refractivity contribution >= 4 is 10.0 Å². The summed E-state index contributed by atoms with van der Waals surface area (Å²) < 4.78 is 44.2. The predicted molar refractivity (Wildman–Crippen MR) is 101 cm³/mol. The standard InChI is InChI=1S/C20H23NO5S/c1-13-8-19(24-3)20(9-14(13)2)27(22,23)21-7-6-16(11-21)15-4-5-17-18(10-15)26-12-25-17/h4-5,8-10,16H,6-7,11-12H2,1-3H3. The summed E-state index contributed by atoms with van der Waals surface area (Å²) in [7, 11) is -2.12. The fourth-order valence-electron chi connectivity index (χ4n) is 3.65. The third-order valence-corrected chi connectivity index (χ3v) is 7.30. The highest BCUT2D eigenvalue weighted by molar-refractivity contribution is 7.89. The van der Waals surface area contributed by atoms with E-state index in [1.54, 1.807) is 16.4 Å². The van der Waals surface area contributed by atoms with Gasteiger partial charge >= 0.3 is 0 Å². The molecule has 7 heteroatoms. The van der Waals surface area contributed by atoms with Crippen LogP contribution in [-0.2, 0) is 10.0 Å². The van der Waals surface area contributed by atoms with Gasteiger partial charge in [-0.05, 0) is 67.1 Å². The molecule has 2 aliphatic rings. The fraction of sp³-hybridized carbons (Fsp3) is 0.400. The summed E-state index contributed by atoms with van der Waals surface area (Å²) in [6.45, 7) is 5.01. The van der Waals surface area contributed by atoms with E-state index in [0.29, 0.717) is 18.8 Å². The van der Waals surface area contributed by atoms with Crippen molar-refractivity contribution in [2.45, 2.75) is 31.1 Å². The van der Waals surface area contributed by atoms with Crippen LogP contribution in [0, 0.1) is 13.8 Å². The molecule has 0 amide bonds. The highest BCUT2D eigenvalue weighted by atomic mass is 32.2. The summed E-state index contributed by atoms with van der Waals surface area (Å²) >= 11 is 0. The summed E-state index contributed by atoms with van der Waals surface area (Å²) in [5, 5.41) is 0. The highest BCUT2D eigenvalue weighted by Crippen LogP contribution is 2.39. The minimum atomic E-state index is -3.62. The Balaban J connectivity index is 1.61. The van der Waals surface area contributed by atoms with E-state index in [1.165, 1.54) is 7.11 Å². The molecule has 0 saturated carbocycles. The van der Waals surface area contributed by atoms with Crippen molar-refractivity contribution < 1.29 is 22.6 Å². The zero-order chi connectivity index (χ0) is 19.2. The maximum atomic E-state index is 13.2. The van der Waals surface area contributed by atoms with Crippen LogP contribution in [0.4, 0.5) is 0 Å². The van der Waals surface area contributed by atoms with Gasteiger partial charge in [0.1, 0.15) is 10.6 Å². The van der Waals surface area contributed by atoms with Crippen LogP contribution in [0.3, 0.4) is 0 Å². The average molecular weight is 389 g/mol. The molecule has 0 aliphatic carbocycles. The smallest absolute Gasteiger partial charge is 0.246 e. The molecule has 2 aromatic rings. The van der Waals surface area contributed by atoms with Gasteiger partial charge in [0.25, 0.3) is 0 Å². The summed E-state index contributed by atoms with van der Waals surface area (Å²) in [4.78, 5) is 0.236. The van der Waals surface area contributed by atoms with Crippen molar-refractivity contribution in [3.05, 3.63) is 47.0 Å². The average Bonchev–Trinajstić information content (AvgIpc) is 3.32. The van der Waals surface area contributed by atoms with Crippen LogP contribution in [0.15, 0.2) is 35.2 Å². The van der Waals surface area contributed by atoms with E-state index in [2.05, 4.69) is 0 Å². The largest absolute Gasteiger partial charge is 0.495 e. The Morgan fingerprint density at radius 3 is 2.59 bits per heavy atom. The Morgan fingerprint density at radius 2 is 1.81 bits per heavy atom. The Bertz CT molecular complexity index is 986. The molecule has 2 aromatic carbocycles. The molecule has 6 nitrogen and oxygen atoms in total. The van der Waals surface area contributed by atoms with Gasteiger partial charge in [-0.3, -0.25) is 0 Å². The van der Waals surface area contributed by atoms with Gasteiger partial charge in [0.2, 0.25) is 16.8 Å². The number of rotatable bonds is 4. The zero-order valence-electron chi connectivity index (χ0n) is 15.7. The van der Waals surface area contributed by atoms with Crippen LogP contribution in [0.25, 0.3) is 0 Å². The molecule has 1 unspecified atom stereocenters. The van der Waals surface area contributed by atoms with E-state index in [0.717, 1.165) is 34.6 Å². The fourth-order valence-corrected chi connectivity index (χ4v) is 5.37. The van der Waals surface area contributed by atoms with Crippen LogP contribution < -0.4 is 14.2 Å². The molecule has 2 aliphatic heterocycles. The minimum absolute atomic E-state index is 0.131. The maximum Gasteiger partial charge on any atom is 0.246 e. The lowest BCUT2D eigenvalue weighted by molar-refractivity contribution is 0.174. The molecule has 1 saturated heterocycles. The summed E-state index contributed by atoms with van der Waals surface area (Å²) in [5.41, 5.74) is 3.01. The van der Waals surface area contributed by atoms with E-state index in [4.69, 9.17) is 14.2 Å². The Hall–Kier alpha value is -2.25. The van der Waals surface area contributed by atoms with Crippen molar-refractivity contribution in [2.24, 2.45) is 0 Å². The third-order valence-electron chi connectivity index (χ3n) is 5.42. The lowest BCUT2D eigenvalue weighted by Gasteiger charge is -2.19. The first kappa shape index (κ1) is 18.1. The van der Waals surface area contributed by atoms with Gasteiger partial charge in [0, 0.05) is 13.1 Å². The predicted octanol–water partition coefficient (Wildman–Crippen LogP) is 3.22. The van der Waals surface area contributed by atoms with Crippen molar-refractivity contribution in [3.8, 4) is 17.2 Å². The van der Waals surface area contributed by atoms with Crippen LogP contribution in [0.1, 0.15) is 29.0 Å². The number of ether oxygens (including phenoxy) is 3. The van der Waals surface area contributed by atoms with Gasteiger partial charge in [0.05, 0.1) is 7.11 Å². The van der Waals surface area contributed by atoms with E-state index in [-0.39, 0.29) is 17.6 Å². The maximum absolute atomic E-state index is 13.2. The molecule has 2 heterocycles. The molecule has 4 rings (SSSR count). The second-order valence-electron chi connectivity index (χ2n) is 7.05. The van der Waals surface area contributed by atoms with Gasteiger partial charge in [0.15, 0.2) is 11.5 Å². The van der Waals surface area contributed by atoms with E-state index >= 15 is 0 Å². The summed E-state index contributed by atoms with van der Waals surface area (Å²) in [6.07, 6.45) is 0.770. The number of hydrogen-bond acceptors (Lipinski definition) is 5. The van der Waals surface area contributed by atoms with Crippen LogP contribution in [-0.4, -0.2) is 39.7 Å². The Labute approximate surface area is 159 Å². The molecule has 0 spiro atoms. The number of fused-ring (bicyclic) bond motifs is 1. The molecule has 0 aromatic heterocycles. The normalized spacial score (nSPS) is 19.4. The van der Waals surface area contributed by atoms with E-state index < -0.39 is 10.0 Å². The lowest BCUT2D eigenvalue weighted by Crippen LogP contribution is -2.29. The first-order valence-corrected chi connectivity index (χ1v) is 10.4. The lowest BCUT2D eigenvalue weighted by atomic mass is 9.98. The molecule has 1 fully saturated rings. The van der Waals surface area contributed by atoms with Crippen molar-refractivity contribution in [3.63, 3.8) is 0 Å². The molecule has 0 N–H and O–H groups in total. The number of aryl methyl sites for hydroxylation is 2. The van der Waals surface area contributed by atoms with Gasteiger partial charge in [-0.1, -0.05) is 6.07 Å². The topological polar surface area (TPSA) is 65.1 Å². The minimum Gasteiger partial charge on any atom is -0.495 e. The van der Waals surface area contributed by atoms with Crippen LogP contribution in [0.2, 0.25) is 0 Å². The van der Waals surface area contributed by atoms with Crippen LogP contribution in [0.5, 0.6) is 17.2 Å². The second kappa shape index (κ2) is 6.73. The number of hydrogen-bond donors (Lipinski definition) is 0. The van der Waals surface area contributed by atoms with Crippen molar-refractivity contribution in [2.75, 3.05) is 27.0 Å². The first-order valence-electron chi connectivity index (χ1n) is 8.95. The highest BCUT2D eigenvalue weighted by Gasteiger charge is 2.35. The van der Waals surface area contributed by atoms with Crippen molar-refractivity contribution in [1.29, 1.82) is 0 Å². The first-order chi connectivity index (χ1) is 12.9. The SMILES string of the molecule is COc1cc(C)c(C)cc1S(=O)(=O)N1CCC(c2ccc3c(c2)OCO3)C1. The molecule has 1 atom stereocenters. The molecular weight excluding hydrogens is 366 g/mol. The molecular formula is C20H23NO5S. The van der Waals surface area contributed by atoms with Gasteiger partial charge in [-0.15, -0.1) is 0 Å². The monoisotopic (exact) mass is 389 g/mol. The Morgan fingerprint density at radius 1 is 1.07 bits per heavy atom. The van der Waals surface area contributed by atoms with Gasteiger partial charge in [-0.25, -0.2) is 8.42 Å². The number of benzene rings is 2. The Kier molecular flexibility index (Phi) is 4.52. The second-order valence-corrected chi connectivity index (χ2v) is 8.96. The number of nitrogens with zero attached hydrogens (tertiary/aromatic N) is 1. The van der Waals surface area contributed by atoms with Crippen molar-refractivity contribution in [1.82, 2.24) is 4.31 Å². The summed E-state index contributed by atoms with van der Waals surface area (Å²) in [6, 6.07) is 9.33. The van der Waals surface area contributed by atoms with Crippen LogP contribution >= 0.6 is 0 Å². The van der Waals surface area contributed by atoms with Gasteiger partial charge < -0.3 is 14.2 Å². The molecule has 27 heavy (non-hydrogen) atoms. The molecule has 0 radical (unpaired) electrons. The molecule has 0 bridgehead atoms.